The van der Waals surface area contributed by atoms with E-state index in [-0.39, 0.29) is 23.7 Å². The van der Waals surface area contributed by atoms with Crippen molar-refractivity contribution in [2.24, 2.45) is 0 Å². The lowest BCUT2D eigenvalue weighted by Gasteiger charge is -2.17. The molecule has 0 fully saturated rings. The Hall–Kier alpha value is -2.51. The van der Waals surface area contributed by atoms with Crippen molar-refractivity contribution < 1.29 is 22.7 Å². The van der Waals surface area contributed by atoms with E-state index in [2.05, 4.69) is 4.72 Å². The summed E-state index contributed by atoms with van der Waals surface area (Å²) < 4.78 is 32.3. The normalized spacial score (nSPS) is 12.4. The Morgan fingerprint density at radius 3 is 2.23 bits per heavy atom. The molecule has 138 valence electrons. The monoisotopic (exact) mass is 375 g/mol. The third kappa shape index (κ3) is 5.24. The summed E-state index contributed by atoms with van der Waals surface area (Å²) in [4.78, 5) is 24.6. The van der Waals surface area contributed by atoms with Gasteiger partial charge in [0.2, 0.25) is 10.0 Å². The zero-order chi connectivity index (χ0) is 19.2. The van der Waals surface area contributed by atoms with Gasteiger partial charge in [-0.15, -0.1) is 0 Å². The first-order valence-electron chi connectivity index (χ1n) is 8.17. The van der Waals surface area contributed by atoms with Crippen LogP contribution in [0.15, 0.2) is 59.5 Å². The lowest BCUT2D eigenvalue weighted by molar-refractivity contribution is -0.145. The molecule has 0 bridgehead atoms. The molecule has 0 aromatic heterocycles. The van der Waals surface area contributed by atoms with Crippen LogP contribution >= 0.6 is 0 Å². The van der Waals surface area contributed by atoms with Crippen molar-refractivity contribution in [1.82, 2.24) is 4.72 Å². The molecule has 0 radical (unpaired) electrons. The maximum atomic E-state index is 12.6. The van der Waals surface area contributed by atoms with Crippen molar-refractivity contribution in [2.75, 3.05) is 6.61 Å². The number of benzene rings is 2. The number of carbonyl (C=O) groups excluding carboxylic acids is 2. The quantitative estimate of drug-likeness (QED) is 0.565. The molecule has 7 heteroatoms. The summed E-state index contributed by atoms with van der Waals surface area (Å²) in [6, 6.07) is 13.3. The summed E-state index contributed by atoms with van der Waals surface area (Å²) in [7, 11) is -3.97. The van der Waals surface area contributed by atoms with E-state index in [1.807, 2.05) is 6.92 Å². The fourth-order valence-corrected chi connectivity index (χ4v) is 3.50. The van der Waals surface area contributed by atoms with Crippen molar-refractivity contribution in [2.45, 2.75) is 31.2 Å². The number of nitrogens with one attached hydrogen (secondary N) is 1. The van der Waals surface area contributed by atoms with Gasteiger partial charge in [0.25, 0.3) is 0 Å². The molecule has 1 unspecified atom stereocenters. The molecular weight excluding hydrogens is 354 g/mol. The molecule has 0 heterocycles. The number of ether oxygens (including phenoxy) is 1. The Morgan fingerprint density at radius 1 is 1.04 bits per heavy atom. The molecule has 2 rings (SSSR count). The van der Waals surface area contributed by atoms with Crippen LogP contribution in [0.3, 0.4) is 0 Å². The Morgan fingerprint density at radius 2 is 1.65 bits per heavy atom. The number of hydrogen-bond donors (Lipinski definition) is 1. The summed E-state index contributed by atoms with van der Waals surface area (Å²) in [6.45, 7) is 3.54. The zero-order valence-electron chi connectivity index (χ0n) is 14.6. The van der Waals surface area contributed by atoms with Crippen LogP contribution in [-0.4, -0.2) is 32.8 Å². The van der Waals surface area contributed by atoms with Crippen molar-refractivity contribution in [1.29, 1.82) is 0 Å². The van der Waals surface area contributed by atoms with E-state index in [1.54, 1.807) is 49.4 Å². The van der Waals surface area contributed by atoms with Crippen LogP contribution in [0.1, 0.15) is 29.3 Å². The predicted octanol–water partition coefficient (Wildman–Crippen LogP) is 2.48. The summed E-state index contributed by atoms with van der Waals surface area (Å²) in [6.07, 6.45) is -0.325. The van der Waals surface area contributed by atoms with Gasteiger partial charge in [-0.1, -0.05) is 48.0 Å². The van der Waals surface area contributed by atoms with Crippen molar-refractivity contribution in [3.05, 3.63) is 65.7 Å². The first-order valence-corrected chi connectivity index (χ1v) is 9.65. The van der Waals surface area contributed by atoms with E-state index >= 15 is 0 Å². The molecule has 0 aliphatic carbocycles. The van der Waals surface area contributed by atoms with Gasteiger partial charge in [-0.3, -0.25) is 9.59 Å². The third-order valence-electron chi connectivity index (χ3n) is 3.69. The summed E-state index contributed by atoms with van der Waals surface area (Å²) in [5.74, 6) is -1.14. The number of sulfonamides is 1. The first kappa shape index (κ1) is 19.8. The molecule has 0 amide bonds. The number of hydrogen-bond acceptors (Lipinski definition) is 5. The largest absolute Gasteiger partial charge is 0.465 e. The van der Waals surface area contributed by atoms with Gasteiger partial charge >= 0.3 is 5.97 Å². The van der Waals surface area contributed by atoms with Crippen LogP contribution in [-0.2, 0) is 19.6 Å². The van der Waals surface area contributed by atoms with Crippen LogP contribution in [0, 0.1) is 6.92 Å². The highest BCUT2D eigenvalue weighted by Crippen LogP contribution is 2.13. The van der Waals surface area contributed by atoms with E-state index in [0.717, 1.165) is 5.56 Å². The van der Waals surface area contributed by atoms with Crippen LogP contribution in [0.2, 0.25) is 0 Å². The van der Waals surface area contributed by atoms with E-state index in [1.165, 1.54) is 12.1 Å². The van der Waals surface area contributed by atoms with Crippen LogP contribution in [0.4, 0.5) is 0 Å². The molecule has 2 aromatic rings. The minimum atomic E-state index is -3.97. The summed E-state index contributed by atoms with van der Waals surface area (Å²) >= 11 is 0. The smallest absolute Gasteiger partial charge is 0.324 e. The Bertz CT molecular complexity index is 861. The molecule has 0 aliphatic heterocycles. The van der Waals surface area contributed by atoms with Crippen LogP contribution < -0.4 is 4.72 Å². The van der Waals surface area contributed by atoms with Gasteiger partial charge in [0.1, 0.15) is 6.04 Å². The fraction of sp³-hybridized carbons (Fsp3) is 0.263. The molecule has 1 atom stereocenters. The SMILES string of the molecule is CCOC(=O)C(CC(=O)c1ccccc1)NS(=O)(=O)c1ccc(C)cc1. The van der Waals surface area contributed by atoms with Gasteiger partial charge in [0.15, 0.2) is 5.78 Å². The molecule has 0 saturated heterocycles. The van der Waals surface area contributed by atoms with E-state index in [9.17, 15) is 18.0 Å². The maximum Gasteiger partial charge on any atom is 0.324 e. The van der Waals surface area contributed by atoms with Gasteiger partial charge in [0.05, 0.1) is 11.5 Å². The standard InChI is InChI=1S/C19H21NO5S/c1-3-25-19(22)17(13-18(21)15-7-5-4-6-8-15)20-26(23,24)16-11-9-14(2)10-12-16/h4-12,17,20H,3,13H2,1-2H3. The number of esters is 1. The van der Waals surface area contributed by atoms with Crippen molar-refractivity contribution in [3.8, 4) is 0 Å². The lowest BCUT2D eigenvalue weighted by Crippen LogP contribution is -2.43. The van der Waals surface area contributed by atoms with Gasteiger partial charge < -0.3 is 4.74 Å². The topological polar surface area (TPSA) is 89.5 Å². The average Bonchev–Trinajstić information content (AvgIpc) is 2.62. The second kappa shape index (κ2) is 8.73. The molecule has 26 heavy (non-hydrogen) atoms. The Kier molecular flexibility index (Phi) is 6.65. The van der Waals surface area contributed by atoms with Gasteiger partial charge in [-0.25, -0.2) is 8.42 Å². The van der Waals surface area contributed by atoms with E-state index in [4.69, 9.17) is 4.74 Å². The van der Waals surface area contributed by atoms with Crippen molar-refractivity contribution >= 4 is 21.8 Å². The lowest BCUT2D eigenvalue weighted by atomic mass is 10.0. The zero-order valence-corrected chi connectivity index (χ0v) is 15.5. The Balaban J connectivity index is 2.23. The third-order valence-corrected chi connectivity index (χ3v) is 5.17. The van der Waals surface area contributed by atoms with Crippen molar-refractivity contribution in [3.63, 3.8) is 0 Å². The highest BCUT2D eigenvalue weighted by molar-refractivity contribution is 7.89. The molecule has 0 aliphatic rings. The van der Waals surface area contributed by atoms with Crippen LogP contribution in [0.5, 0.6) is 0 Å². The highest BCUT2D eigenvalue weighted by atomic mass is 32.2. The highest BCUT2D eigenvalue weighted by Gasteiger charge is 2.29. The minimum absolute atomic E-state index is 0.0181. The number of Topliss-reactive ketones (excluding diaryl/α,β-unsaturated/α-hetero) is 1. The number of carbonyl (C=O) groups is 2. The molecule has 0 saturated carbocycles. The molecule has 0 spiro atoms. The average molecular weight is 375 g/mol. The minimum Gasteiger partial charge on any atom is -0.465 e. The molecule has 1 N–H and O–H groups in total. The van der Waals surface area contributed by atoms with Crippen LogP contribution in [0.25, 0.3) is 0 Å². The first-order chi connectivity index (χ1) is 12.3. The molecule has 2 aromatic carbocycles. The second-order valence-electron chi connectivity index (χ2n) is 5.73. The number of rotatable bonds is 8. The van der Waals surface area contributed by atoms with Gasteiger partial charge in [0, 0.05) is 12.0 Å². The van der Waals surface area contributed by atoms with Gasteiger partial charge in [-0.2, -0.15) is 4.72 Å². The molecular formula is C19H21NO5S. The fourth-order valence-electron chi connectivity index (χ4n) is 2.32. The second-order valence-corrected chi connectivity index (χ2v) is 7.45. The van der Waals surface area contributed by atoms with Gasteiger partial charge in [-0.05, 0) is 26.0 Å². The van der Waals surface area contributed by atoms with E-state index < -0.39 is 22.0 Å². The van der Waals surface area contributed by atoms with E-state index in [0.29, 0.717) is 5.56 Å². The summed E-state index contributed by atoms with van der Waals surface area (Å²) in [5, 5.41) is 0. The number of aryl methyl sites for hydroxylation is 1. The predicted molar refractivity (Wildman–Crippen MR) is 97.3 cm³/mol. The number of ketones is 1. The Labute approximate surface area is 153 Å². The molecule has 6 nitrogen and oxygen atoms in total. The summed E-state index contributed by atoms with van der Waals surface area (Å²) in [5.41, 5.74) is 1.31. The maximum absolute atomic E-state index is 12.6.